The number of hydrogen-bond donors (Lipinski definition) is 1. The number of anilines is 1. The van der Waals surface area contributed by atoms with E-state index in [-0.39, 0.29) is 16.9 Å². The number of aromatic nitrogens is 1. The molecule has 0 saturated carbocycles. The molecule has 0 aliphatic carbocycles. The van der Waals surface area contributed by atoms with Crippen LogP contribution in [0, 0.1) is 0 Å². The van der Waals surface area contributed by atoms with Gasteiger partial charge in [-0.1, -0.05) is 12.1 Å². The van der Waals surface area contributed by atoms with Gasteiger partial charge in [-0.25, -0.2) is 13.4 Å². The molecule has 3 rings (SSSR count). The van der Waals surface area contributed by atoms with Gasteiger partial charge in [-0.05, 0) is 49.7 Å². The number of likely N-dealkylation sites (N-methyl/N-ethyl adjacent to an activating group) is 1. The second-order valence-corrected chi connectivity index (χ2v) is 8.69. The van der Waals surface area contributed by atoms with Crippen molar-refractivity contribution in [1.82, 2.24) is 9.88 Å². The topological polar surface area (TPSA) is 80.8 Å². The highest BCUT2D eigenvalue weighted by Gasteiger charge is 2.21. The molecule has 1 aromatic heterocycles. The van der Waals surface area contributed by atoms with Gasteiger partial charge in [0.15, 0.2) is 0 Å². The lowest BCUT2D eigenvalue weighted by molar-refractivity contribution is 0.119. The molecule has 0 saturated heterocycles. The van der Waals surface area contributed by atoms with Crippen molar-refractivity contribution in [2.45, 2.75) is 30.8 Å². The third-order valence-electron chi connectivity index (χ3n) is 5.10. The Kier molecular flexibility index (Phi) is 6.22. The first kappa shape index (κ1) is 20.6. The Morgan fingerprint density at radius 3 is 2.46 bits per heavy atom. The molecular weight excluding hydrogens is 378 g/mol. The van der Waals surface area contributed by atoms with Crippen molar-refractivity contribution in [3.8, 4) is 5.88 Å². The van der Waals surface area contributed by atoms with Crippen molar-refractivity contribution in [2.24, 2.45) is 0 Å². The molecule has 2 heterocycles. The van der Waals surface area contributed by atoms with Crippen LogP contribution in [0.25, 0.3) is 0 Å². The highest BCUT2D eigenvalue weighted by molar-refractivity contribution is 7.92. The number of fused-ring (bicyclic) bond motifs is 1. The fourth-order valence-electron chi connectivity index (χ4n) is 3.21. The lowest BCUT2D eigenvalue weighted by Crippen LogP contribution is -2.20. The average molecular weight is 406 g/mol. The molecule has 0 bridgehead atoms. The summed E-state index contributed by atoms with van der Waals surface area (Å²) in [5.74, 6) is 0.288. The number of rotatable bonds is 6. The van der Waals surface area contributed by atoms with Crippen molar-refractivity contribution >= 4 is 15.7 Å². The Morgan fingerprint density at radius 2 is 1.82 bits per heavy atom. The van der Waals surface area contributed by atoms with Gasteiger partial charge in [-0.3, -0.25) is 4.72 Å². The predicted molar refractivity (Wildman–Crippen MR) is 108 cm³/mol. The zero-order chi connectivity index (χ0) is 20.3. The monoisotopic (exact) mass is 405 g/mol. The van der Waals surface area contributed by atoms with Crippen LogP contribution in [0.2, 0.25) is 0 Å². The highest BCUT2D eigenvalue weighted by atomic mass is 32.2. The molecule has 0 radical (unpaired) electrons. The summed E-state index contributed by atoms with van der Waals surface area (Å²) < 4.78 is 39.0. The summed E-state index contributed by atoms with van der Waals surface area (Å²) in [6.07, 6.45) is 1.53. The van der Waals surface area contributed by atoms with Crippen molar-refractivity contribution in [2.75, 3.05) is 39.1 Å². The van der Waals surface area contributed by atoms with Crippen molar-refractivity contribution < 1.29 is 17.9 Å². The number of hydrogen-bond acceptors (Lipinski definition) is 6. The van der Waals surface area contributed by atoms with Gasteiger partial charge >= 0.3 is 0 Å². The predicted octanol–water partition coefficient (Wildman–Crippen LogP) is 2.63. The van der Waals surface area contributed by atoms with Gasteiger partial charge in [0.05, 0.1) is 18.1 Å². The Hall–Kier alpha value is -2.16. The maximum atomic E-state index is 12.9. The lowest BCUT2D eigenvalue weighted by Gasteiger charge is -2.15. The Balaban J connectivity index is 1.89. The molecule has 1 aromatic carbocycles. The fourth-order valence-corrected chi connectivity index (χ4v) is 4.26. The SMILES string of the molecule is COc1nc2c(cc1NS(=O)(=O)c1ccc(C(C)OC)cc1)CCN(C)CC2. The van der Waals surface area contributed by atoms with Gasteiger partial charge in [-0.15, -0.1) is 0 Å². The smallest absolute Gasteiger partial charge is 0.262 e. The number of pyridine rings is 1. The van der Waals surface area contributed by atoms with Gasteiger partial charge in [0.1, 0.15) is 5.69 Å². The van der Waals surface area contributed by atoms with E-state index in [1.54, 1.807) is 31.4 Å². The summed E-state index contributed by atoms with van der Waals surface area (Å²) in [6.45, 7) is 3.73. The van der Waals surface area contributed by atoms with E-state index in [1.165, 1.54) is 7.11 Å². The van der Waals surface area contributed by atoms with Crippen molar-refractivity contribution in [3.05, 3.63) is 47.2 Å². The minimum Gasteiger partial charge on any atom is -0.479 e. The number of nitrogens with zero attached hydrogens (tertiary/aromatic N) is 2. The molecule has 1 aliphatic rings. The van der Waals surface area contributed by atoms with E-state index < -0.39 is 10.0 Å². The summed E-state index contributed by atoms with van der Waals surface area (Å²) in [7, 11) is 1.42. The summed E-state index contributed by atoms with van der Waals surface area (Å²) in [5.41, 5.74) is 3.28. The number of sulfonamides is 1. The molecule has 1 aliphatic heterocycles. The van der Waals surface area contributed by atoms with Crippen LogP contribution in [0.3, 0.4) is 0 Å². The Labute approximate surface area is 166 Å². The molecule has 1 atom stereocenters. The van der Waals surface area contributed by atoms with Crippen molar-refractivity contribution in [3.63, 3.8) is 0 Å². The van der Waals surface area contributed by atoms with Gasteiger partial charge in [0.2, 0.25) is 5.88 Å². The van der Waals surface area contributed by atoms with E-state index in [1.807, 2.05) is 13.0 Å². The molecule has 0 amide bonds. The van der Waals surface area contributed by atoms with Crippen LogP contribution in [0.4, 0.5) is 5.69 Å². The van der Waals surface area contributed by atoms with Crippen LogP contribution >= 0.6 is 0 Å². The summed E-state index contributed by atoms with van der Waals surface area (Å²) >= 11 is 0. The second-order valence-electron chi connectivity index (χ2n) is 7.01. The number of methoxy groups -OCH3 is 2. The fraction of sp³-hybridized carbons (Fsp3) is 0.450. The minimum atomic E-state index is -3.76. The third-order valence-corrected chi connectivity index (χ3v) is 6.48. The quantitative estimate of drug-likeness (QED) is 0.796. The molecular formula is C20H27N3O4S. The third kappa shape index (κ3) is 4.45. The molecule has 1 unspecified atom stereocenters. The lowest BCUT2D eigenvalue weighted by atomic mass is 10.1. The average Bonchev–Trinajstić information content (AvgIpc) is 2.88. The molecule has 1 N–H and O–H groups in total. The van der Waals surface area contributed by atoms with Gasteiger partial charge in [0, 0.05) is 32.3 Å². The van der Waals surface area contributed by atoms with Crippen LogP contribution in [0.5, 0.6) is 5.88 Å². The Bertz CT molecular complexity index is 929. The Morgan fingerprint density at radius 1 is 1.14 bits per heavy atom. The maximum Gasteiger partial charge on any atom is 0.262 e. The molecule has 7 nitrogen and oxygen atoms in total. The van der Waals surface area contributed by atoms with Crippen LogP contribution in [0.15, 0.2) is 35.2 Å². The second kappa shape index (κ2) is 8.46. The standard InChI is InChI=1S/C20H27N3O4S/c1-14(26-3)15-5-7-17(8-6-15)28(24,25)22-19-13-16-9-11-23(2)12-10-18(16)21-20(19)27-4/h5-8,13-14,22H,9-12H2,1-4H3. The molecule has 0 spiro atoms. The van der Waals surface area contributed by atoms with E-state index in [4.69, 9.17) is 9.47 Å². The van der Waals surface area contributed by atoms with Crippen LogP contribution in [-0.4, -0.2) is 52.7 Å². The summed E-state index contributed by atoms with van der Waals surface area (Å²) in [6, 6.07) is 8.51. The van der Waals surface area contributed by atoms with E-state index in [2.05, 4.69) is 21.7 Å². The largest absolute Gasteiger partial charge is 0.479 e. The molecule has 28 heavy (non-hydrogen) atoms. The van der Waals surface area contributed by atoms with E-state index in [0.717, 1.165) is 42.8 Å². The summed E-state index contributed by atoms with van der Waals surface area (Å²) in [4.78, 5) is 6.97. The molecule has 8 heteroatoms. The normalized spacial score (nSPS) is 16.1. The zero-order valence-electron chi connectivity index (χ0n) is 16.7. The first-order valence-corrected chi connectivity index (χ1v) is 10.7. The van der Waals surface area contributed by atoms with Gasteiger partial charge < -0.3 is 14.4 Å². The van der Waals surface area contributed by atoms with Crippen LogP contribution in [-0.2, 0) is 27.6 Å². The first-order chi connectivity index (χ1) is 13.3. The van der Waals surface area contributed by atoms with E-state index in [9.17, 15) is 8.42 Å². The highest BCUT2D eigenvalue weighted by Crippen LogP contribution is 2.29. The van der Waals surface area contributed by atoms with Crippen LogP contribution in [0.1, 0.15) is 29.8 Å². The van der Waals surface area contributed by atoms with E-state index >= 15 is 0 Å². The van der Waals surface area contributed by atoms with Crippen molar-refractivity contribution in [1.29, 1.82) is 0 Å². The number of benzene rings is 1. The van der Waals surface area contributed by atoms with Crippen LogP contribution < -0.4 is 9.46 Å². The molecule has 2 aromatic rings. The summed E-state index contributed by atoms with van der Waals surface area (Å²) in [5, 5.41) is 0. The maximum absolute atomic E-state index is 12.9. The molecule has 0 fully saturated rings. The van der Waals surface area contributed by atoms with E-state index in [0.29, 0.717) is 5.69 Å². The number of nitrogens with one attached hydrogen (secondary N) is 1. The molecule has 152 valence electrons. The van der Waals surface area contributed by atoms with Gasteiger partial charge in [0.25, 0.3) is 10.0 Å². The first-order valence-electron chi connectivity index (χ1n) is 9.25. The number of ether oxygens (including phenoxy) is 2. The zero-order valence-corrected chi connectivity index (χ0v) is 17.5. The minimum absolute atomic E-state index is 0.100. The van der Waals surface area contributed by atoms with Gasteiger partial charge in [-0.2, -0.15) is 0 Å².